The average molecular weight is 402 g/mol. The number of aliphatic imine (C=N–C) groups is 2. The summed E-state index contributed by atoms with van der Waals surface area (Å²) >= 11 is 0. The van der Waals surface area contributed by atoms with Crippen molar-refractivity contribution in [3.8, 4) is 0 Å². The molecular formula is C21H26N2O6. The number of nitrogens with zero attached hydrogens (tertiary/aromatic N) is 2. The van der Waals surface area contributed by atoms with E-state index in [2.05, 4.69) is 9.98 Å². The van der Waals surface area contributed by atoms with Crippen LogP contribution in [0, 0.1) is 0 Å². The molecule has 0 spiro atoms. The van der Waals surface area contributed by atoms with Crippen LogP contribution in [0.1, 0.15) is 24.0 Å². The van der Waals surface area contributed by atoms with Crippen molar-refractivity contribution >= 4 is 12.2 Å². The second-order valence-electron chi connectivity index (χ2n) is 5.41. The third kappa shape index (κ3) is 9.69. The minimum atomic E-state index is -1.41. The molecule has 0 saturated carbocycles. The van der Waals surface area contributed by atoms with Crippen molar-refractivity contribution in [2.45, 2.75) is 18.5 Å². The Balaban J connectivity index is 0.000000654. The van der Waals surface area contributed by atoms with Crippen LogP contribution < -0.4 is 0 Å². The highest BCUT2D eigenvalue weighted by Crippen LogP contribution is 2.34. The second-order valence-corrected chi connectivity index (χ2v) is 5.41. The second kappa shape index (κ2) is 17.2. The molecule has 0 unspecified atom stereocenters. The highest BCUT2D eigenvalue weighted by Gasteiger charge is 2.33. The lowest BCUT2D eigenvalue weighted by Gasteiger charge is -2.22. The first-order valence-corrected chi connectivity index (χ1v) is 8.89. The zero-order chi connectivity index (χ0) is 21.8. The maximum Gasteiger partial charge on any atom is 0.238 e. The molecule has 0 saturated heterocycles. The van der Waals surface area contributed by atoms with Crippen LogP contribution in [0.4, 0.5) is 0 Å². The first-order valence-electron chi connectivity index (χ1n) is 8.89. The number of hydrogen-bond donors (Lipinski definition) is 4. The lowest BCUT2D eigenvalue weighted by atomic mass is 9.92. The summed E-state index contributed by atoms with van der Waals surface area (Å²) in [6.07, 6.45) is 4.42. The van der Waals surface area contributed by atoms with Crippen LogP contribution in [-0.4, -0.2) is 59.0 Å². The lowest BCUT2D eigenvalue weighted by Crippen LogP contribution is -2.22. The third-order valence-corrected chi connectivity index (χ3v) is 3.43. The maximum absolute atomic E-state index is 10.8. The summed E-state index contributed by atoms with van der Waals surface area (Å²) in [5.74, 6) is 0. The molecule has 8 heteroatoms. The molecule has 0 radical (unpaired) electrons. The summed E-state index contributed by atoms with van der Waals surface area (Å²) in [4.78, 5) is 29.0. The van der Waals surface area contributed by atoms with E-state index in [1.807, 2.05) is 12.1 Å². The Labute approximate surface area is 169 Å². The summed E-state index contributed by atoms with van der Waals surface area (Å²) in [5, 5.41) is 31.4. The van der Waals surface area contributed by atoms with Gasteiger partial charge >= 0.3 is 0 Å². The molecule has 2 aromatic carbocycles. The number of isocyanates is 2. The number of aliphatic hydroxyl groups is 4. The average Bonchev–Trinajstić information content (AvgIpc) is 2.79. The van der Waals surface area contributed by atoms with Crippen LogP contribution in [0.5, 0.6) is 0 Å². The van der Waals surface area contributed by atoms with Crippen LogP contribution in [-0.2, 0) is 15.3 Å². The Kier molecular flexibility index (Phi) is 15.4. The predicted molar refractivity (Wildman–Crippen MR) is 107 cm³/mol. The quantitative estimate of drug-likeness (QED) is 0.298. The molecule has 0 amide bonds. The van der Waals surface area contributed by atoms with E-state index in [9.17, 15) is 9.59 Å². The highest BCUT2D eigenvalue weighted by molar-refractivity contribution is 5.49. The molecule has 2 rings (SSSR count). The molecule has 0 atom stereocenters. The van der Waals surface area contributed by atoms with Gasteiger partial charge < -0.3 is 20.4 Å². The number of hydrogen-bond acceptors (Lipinski definition) is 8. The minimum absolute atomic E-state index is 0.125. The van der Waals surface area contributed by atoms with Gasteiger partial charge in [-0.3, -0.25) is 0 Å². The number of unbranched alkanes of at least 4 members (excludes halogenated alkanes) is 1. The van der Waals surface area contributed by atoms with Crippen LogP contribution in [0.25, 0.3) is 0 Å². The van der Waals surface area contributed by atoms with E-state index in [-0.39, 0.29) is 26.4 Å². The number of rotatable bonds is 8. The van der Waals surface area contributed by atoms with Crippen LogP contribution in [0.2, 0.25) is 0 Å². The SMILES string of the molecule is O=C=NC(N=C=O)(c1ccccc1)c1ccccc1.OCCCCO.OCCO. The van der Waals surface area contributed by atoms with E-state index in [0.717, 1.165) is 12.8 Å². The predicted octanol–water partition coefficient (Wildman–Crippen LogP) is 1.28. The third-order valence-electron chi connectivity index (χ3n) is 3.43. The molecule has 0 fully saturated rings. The van der Waals surface area contributed by atoms with Gasteiger partial charge in [0.2, 0.25) is 17.8 Å². The van der Waals surface area contributed by atoms with Crippen molar-refractivity contribution in [3.05, 3.63) is 71.8 Å². The number of benzene rings is 2. The largest absolute Gasteiger partial charge is 0.396 e. The van der Waals surface area contributed by atoms with E-state index in [1.165, 1.54) is 12.2 Å². The summed E-state index contributed by atoms with van der Waals surface area (Å²) in [7, 11) is 0. The summed E-state index contributed by atoms with van der Waals surface area (Å²) in [6.45, 7) is 0.140. The fourth-order valence-corrected chi connectivity index (χ4v) is 2.15. The standard InChI is InChI=1S/C15H10N2O2.C4H10O2.C2H6O2/c18-11-16-15(17-12-19,13-7-3-1-4-8-13)14-9-5-2-6-10-14;5-3-1-2-4-6;3-1-2-4/h1-10H;5-6H,1-4H2;3-4H,1-2H2. The van der Waals surface area contributed by atoms with Gasteiger partial charge in [0.05, 0.1) is 13.2 Å². The topological polar surface area (TPSA) is 140 Å². The first kappa shape index (κ1) is 26.0. The smallest absolute Gasteiger partial charge is 0.238 e. The van der Waals surface area contributed by atoms with E-state index in [1.54, 1.807) is 48.5 Å². The normalized spacial score (nSPS) is 9.52. The Hall–Kier alpha value is -2.96. The molecule has 4 N–H and O–H groups in total. The van der Waals surface area contributed by atoms with E-state index in [4.69, 9.17) is 20.4 Å². The zero-order valence-electron chi connectivity index (χ0n) is 16.0. The molecule has 0 aliphatic rings. The van der Waals surface area contributed by atoms with E-state index in [0.29, 0.717) is 11.1 Å². The van der Waals surface area contributed by atoms with Gasteiger partial charge in [0.1, 0.15) is 0 Å². The lowest BCUT2D eigenvalue weighted by molar-refractivity contribution is 0.186. The molecule has 0 aromatic heterocycles. The molecule has 0 bridgehead atoms. The van der Waals surface area contributed by atoms with Crippen molar-refractivity contribution < 1.29 is 30.0 Å². The molecule has 29 heavy (non-hydrogen) atoms. The summed E-state index contributed by atoms with van der Waals surface area (Å²) in [6, 6.07) is 17.8. The molecular weight excluding hydrogens is 376 g/mol. The van der Waals surface area contributed by atoms with Gasteiger partial charge in [-0.15, -0.1) is 0 Å². The van der Waals surface area contributed by atoms with Gasteiger partial charge in [0.25, 0.3) is 0 Å². The first-order chi connectivity index (χ1) is 14.2. The van der Waals surface area contributed by atoms with Gasteiger partial charge in [-0.25, -0.2) is 9.59 Å². The van der Waals surface area contributed by atoms with Crippen molar-refractivity contribution in [2.24, 2.45) is 9.98 Å². The van der Waals surface area contributed by atoms with Crippen LogP contribution in [0.15, 0.2) is 70.6 Å². The van der Waals surface area contributed by atoms with E-state index < -0.39 is 5.66 Å². The maximum atomic E-state index is 10.8. The highest BCUT2D eigenvalue weighted by atomic mass is 16.3. The monoisotopic (exact) mass is 402 g/mol. The number of carbonyl (C=O) groups excluding carboxylic acids is 2. The fourth-order valence-electron chi connectivity index (χ4n) is 2.15. The van der Waals surface area contributed by atoms with Gasteiger partial charge in [-0.05, 0) is 12.8 Å². The molecule has 0 aliphatic carbocycles. The molecule has 0 aliphatic heterocycles. The zero-order valence-corrected chi connectivity index (χ0v) is 16.0. The van der Waals surface area contributed by atoms with E-state index >= 15 is 0 Å². The fraction of sp³-hybridized carbons (Fsp3) is 0.333. The van der Waals surface area contributed by atoms with Gasteiger partial charge in [-0.2, -0.15) is 9.98 Å². The van der Waals surface area contributed by atoms with Crippen molar-refractivity contribution in [3.63, 3.8) is 0 Å². The van der Waals surface area contributed by atoms with Crippen molar-refractivity contribution in [1.82, 2.24) is 0 Å². The molecule has 8 nitrogen and oxygen atoms in total. The minimum Gasteiger partial charge on any atom is -0.396 e. The van der Waals surface area contributed by atoms with Gasteiger partial charge in [0.15, 0.2) is 0 Å². The molecule has 2 aromatic rings. The Morgan fingerprint density at radius 2 is 0.966 bits per heavy atom. The molecule has 0 heterocycles. The summed E-state index contributed by atoms with van der Waals surface area (Å²) < 4.78 is 0. The van der Waals surface area contributed by atoms with Crippen molar-refractivity contribution in [2.75, 3.05) is 26.4 Å². The van der Waals surface area contributed by atoms with Crippen LogP contribution >= 0.6 is 0 Å². The van der Waals surface area contributed by atoms with Gasteiger partial charge in [0, 0.05) is 24.3 Å². The van der Waals surface area contributed by atoms with Crippen molar-refractivity contribution in [1.29, 1.82) is 0 Å². The Bertz CT molecular complexity index is 677. The Morgan fingerprint density at radius 3 is 1.21 bits per heavy atom. The molecule has 156 valence electrons. The van der Waals surface area contributed by atoms with Crippen LogP contribution in [0.3, 0.4) is 0 Å². The Morgan fingerprint density at radius 1 is 0.621 bits per heavy atom. The summed E-state index contributed by atoms with van der Waals surface area (Å²) in [5.41, 5.74) is -0.202. The van der Waals surface area contributed by atoms with Gasteiger partial charge in [-0.1, -0.05) is 60.7 Å². The number of aliphatic hydroxyl groups excluding tert-OH is 4.